The minimum absolute atomic E-state index is 0.102. The predicted octanol–water partition coefficient (Wildman–Crippen LogP) is 1.91. The molecule has 8 heteroatoms. The zero-order valence-corrected chi connectivity index (χ0v) is 12.4. The van der Waals surface area contributed by atoms with E-state index in [9.17, 15) is 4.79 Å². The molecule has 0 amide bonds. The Bertz CT molecular complexity index is 629. The number of nitrogens with zero attached hydrogens (tertiary/aromatic N) is 3. The van der Waals surface area contributed by atoms with Gasteiger partial charge in [0.1, 0.15) is 0 Å². The van der Waals surface area contributed by atoms with Gasteiger partial charge in [-0.25, -0.2) is 4.68 Å². The average Bonchev–Trinajstić information content (AvgIpc) is 2.72. The molecule has 1 aromatic heterocycles. The van der Waals surface area contributed by atoms with Gasteiger partial charge in [0.25, 0.3) is 0 Å². The van der Waals surface area contributed by atoms with Gasteiger partial charge in [-0.2, -0.15) is 0 Å². The van der Waals surface area contributed by atoms with E-state index in [0.29, 0.717) is 11.0 Å². The van der Waals surface area contributed by atoms with Crippen LogP contribution < -0.4 is 5.84 Å². The summed E-state index contributed by atoms with van der Waals surface area (Å²) in [5.41, 5.74) is 1.89. The number of halogens is 1. The van der Waals surface area contributed by atoms with Gasteiger partial charge < -0.3 is 10.9 Å². The molecule has 0 aliphatic heterocycles. The molecule has 0 unspecified atom stereocenters. The number of hydrogen-bond acceptors (Lipinski definition) is 5. The van der Waals surface area contributed by atoms with Crippen LogP contribution in [0.25, 0.3) is 11.4 Å². The first-order valence-corrected chi connectivity index (χ1v) is 7.08. The van der Waals surface area contributed by atoms with Crippen molar-refractivity contribution >= 4 is 33.7 Å². The molecule has 1 heterocycles. The maximum atomic E-state index is 10.5. The zero-order chi connectivity index (χ0) is 14.0. The van der Waals surface area contributed by atoms with E-state index >= 15 is 0 Å². The fourth-order valence-corrected chi connectivity index (χ4v) is 2.31. The van der Waals surface area contributed by atoms with Crippen molar-refractivity contribution in [2.24, 2.45) is 0 Å². The van der Waals surface area contributed by atoms with Crippen LogP contribution in [0.15, 0.2) is 27.8 Å². The van der Waals surface area contributed by atoms with E-state index in [1.54, 1.807) is 0 Å². The van der Waals surface area contributed by atoms with E-state index in [2.05, 4.69) is 26.1 Å². The first kappa shape index (κ1) is 13.9. The Morgan fingerprint density at radius 3 is 2.89 bits per heavy atom. The van der Waals surface area contributed by atoms with Gasteiger partial charge in [0, 0.05) is 10.0 Å². The number of nitrogens with two attached hydrogens (primary N) is 1. The molecule has 0 saturated carbocycles. The monoisotopic (exact) mass is 342 g/mol. The maximum Gasteiger partial charge on any atom is 0.313 e. The third-order valence-corrected chi connectivity index (χ3v) is 4.22. The molecule has 0 bridgehead atoms. The van der Waals surface area contributed by atoms with Gasteiger partial charge in [-0.1, -0.05) is 27.7 Å². The van der Waals surface area contributed by atoms with Gasteiger partial charge >= 0.3 is 5.97 Å². The molecule has 19 heavy (non-hydrogen) atoms. The number of hydrogen-bond donors (Lipinski definition) is 2. The number of carbonyl (C=O) groups is 1. The number of rotatable bonds is 4. The molecule has 0 spiro atoms. The lowest BCUT2D eigenvalue weighted by molar-refractivity contribution is -0.133. The lowest BCUT2D eigenvalue weighted by atomic mass is 10.1. The first-order chi connectivity index (χ1) is 8.99. The van der Waals surface area contributed by atoms with Crippen LogP contribution in [0.1, 0.15) is 5.56 Å². The Morgan fingerprint density at radius 2 is 2.26 bits per heavy atom. The van der Waals surface area contributed by atoms with E-state index in [1.165, 1.54) is 4.68 Å². The van der Waals surface area contributed by atoms with Crippen molar-refractivity contribution in [1.82, 2.24) is 14.9 Å². The molecule has 2 aromatic rings. The van der Waals surface area contributed by atoms with E-state index in [0.717, 1.165) is 27.4 Å². The Kier molecular flexibility index (Phi) is 4.11. The lowest BCUT2D eigenvalue weighted by Crippen LogP contribution is -2.12. The van der Waals surface area contributed by atoms with Crippen LogP contribution in [0.3, 0.4) is 0 Å². The number of thioether (sulfide) groups is 1. The molecular weight excluding hydrogens is 332 g/mol. The topological polar surface area (TPSA) is 94.0 Å². The van der Waals surface area contributed by atoms with Crippen LogP contribution in [0.2, 0.25) is 0 Å². The van der Waals surface area contributed by atoms with Crippen molar-refractivity contribution < 1.29 is 9.90 Å². The van der Waals surface area contributed by atoms with Crippen molar-refractivity contribution in [3.63, 3.8) is 0 Å². The minimum Gasteiger partial charge on any atom is -0.481 e. The Hall–Kier alpha value is -1.54. The van der Waals surface area contributed by atoms with Crippen LogP contribution >= 0.6 is 27.7 Å². The maximum absolute atomic E-state index is 10.5. The summed E-state index contributed by atoms with van der Waals surface area (Å²) in [5.74, 6) is 5.35. The number of carboxylic acid groups (broad SMARTS) is 1. The quantitative estimate of drug-likeness (QED) is 0.651. The summed E-state index contributed by atoms with van der Waals surface area (Å²) in [6.45, 7) is 1.96. The molecule has 0 aliphatic carbocycles. The van der Waals surface area contributed by atoms with Crippen LogP contribution in [-0.4, -0.2) is 31.7 Å². The van der Waals surface area contributed by atoms with Gasteiger partial charge in [0.2, 0.25) is 5.16 Å². The fraction of sp³-hybridized carbons (Fsp3) is 0.182. The normalized spacial score (nSPS) is 10.6. The number of carboxylic acids is 1. The summed E-state index contributed by atoms with van der Waals surface area (Å²) < 4.78 is 2.30. The van der Waals surface area contributed by atoms with Crippen LogP contribution in [0.5, 0.6) is 0 Å². The highest BCUT2D eigenvalue weighted by Crippen LogP contribution is 2.25. The molecule has 1 aromatic carbocycles. The molecule has 2 rings (SSSR count). The van der Waals surface area contributed by atoms with Crippen molar-refractivity contribution in [3.8, 4) is 11.4 Å². The molecule has 0 radical (unpaired) electrons. The Labute approximate surface area is 122 Å². The number of aromatic nitrogens is 3. The summed E-state index contributed by atoms with van der Waals surface area (Å²) >= 11 is 4.46. The molecule has 0 atom stereocenters. The van der Waals surface area contributed by atoms with E-state index in [1.807, 2.05) is 25.1 Å². The van der Waals surface area contributed by atoms with Crippen molar-refractivity contribution in [1.29, 1.82) is 0 Å². The smallest absolute Gasteiger partial charge is 0.313 e. The van der Waals surface area contributed by atoms with Crippen LogP contribution in [0, 0.1) is 6.92 Å². The number of benzene rings is 1. The highest BCUT2D eigenvalue weighted by molar-refractivity contribution is 9.10. The predicted molar refractivity (Wildman–Crippen MR) is 76.4 cm³/mol. The van der Waals surface area contributed by atoms with E-state index in [4.69, 9.17) is 10.9 Å². The molecule has 6 nitrogen and oxygen atoms in total. The molecule has 0 aliphatic rings. The number of aryl methyl sites for hydroxylation is 1. The third-order valence-electron chi connectivity index (χ3n) is 2.41. The molecule has 0 fully saturated rings. The van der Waals surface area contributed by atoms with Gasteiger partial charge in [-0.05, 0) is 30.7 Å². The Balaban J connectivity index is 2.30. The second kappa shape index (κ2) is 5.62. The lowest BCUT2D eigenvalue weighted by Gasteiger charge is -2.04. The third kappa shape index (κ3) is 3.07. The SMILES string of the molecule is Cc1cc(-c2nnc(SCC(=O)O)n2N)ccc1Br. The Morgan fingerprint density at radius 1 is 1.53 bits per heavy atom. The summed E-state index contributed by atoms with van der Waals surface area (Å²) in [5, 5.41) is 16.9. The van der Waals surface area contributed by atoms with E-state index < -0.39 is 5.97 Å². The first-order valence-electron chi connectivity index (χ1n) is 5.30. The highest BCUT2D eigenvalue weighted by atomic mass is 79.9. The van der Waals surface area contributed by atoms with Crippen molar-refractivity contribution in [2.75, 3.05) is 11.6 Å². The second-order valence-electron chi connectivity index (χ2n) is 3.82. The highest BCUT2D eigenvalue weighted by Gasteiger charge is 2.13. The molecule has 3 N–H and O–H groups in total. The average molecular weight is 343 g/mol. The van der Waals surface area contributed by atoms with Crippen molar-refractivity contribution in [2.45, 2.75) is 12.1 Å². The van der Waals surface area contributed by atoms with E-state index in [-0.39, 0.29) is 5.75 Å². The minimum atomic E-state index is -0.922. The zero-order valence-electron chi connectivity index (χ0n) is 10.00. The standard InChI is InChI=1S/C11H11BrN4O2S/c1-6-4-7(2-3-8(6)12)10-14-15-11(16(10)13)19-5-9(17)18/h2-4H,5,13H2,1H3,(H,17,18). The molecule has 100 valence electrons. The number of nitrogen functional groups attached to an aromatic ring is 1. The van der Waals surface area contributed by atoms with Gasteiger partial charge in [-0.15, -0.1) is 10.2 Å². The number of aliphatic carboxylic acids is 1. The second-order valence-corrected chi connectivity index (χ2v) is 5.62. The van der Waals surface area contributed by atoms with Gasteiger partial charge in [0.15, 0.2) is 5.82 Å². The van der Waals surface area contributed by atoms with Gasteiger partial charge in [0.05, 0.1) is 5.75 Å². The van der Waals surface area contributed by atoms with Gasteiger partial charge in [-0.3, -0.25) is 4.79 Å². The summed E-state index contributed by atoms with van der Waals surface area (Å²) in [7, 11) is 0. The van der Waals surface area contributed by atoms with Crippen molar-refractivity contribution in [3.05, 3.63) is 28.2 Å². The summed E-state index contributed by atoms with van der Waals surface area (Å²) in [6, 6.07) is 5.71. The van der Waals surface area contributed by atoms with Crippen LogP contribution in [0.4, 0.5) is 0 Å². The molecule has 0 saturated heterocycles. The summed E-state index contributed by atoms with van der Waals surface area (Å²) in [6.07, 6.45) is 0. The largest absolute Gasteiger partial charge is 0.481 e. The molecular formula is C11H11BrN4O2S. The van der Waals surface area contributed by atoms with Crippen LogP contribution in [-0.2, 0) is 4.79 Å². The fourth-order valence-electron chi connectivity index (χ4n) is 1.48. The summed E-state index contributed by atoms with van der Waals surface area (Å²) in [4.78, 5) is 10.5.